The topological polar surface area (TPSA) is 136 Å². The van der Waals surface area contributed by atoms with Crippen LogP contribution in [0, 0.1) is 0 Å². The lowest BCUT2D eigenvalue weighted by Gasteiger charge is -2.33. The van der Waals surface area contributed by atoms with E-state index in [0.717, 1.165) is 68.4 Å². The average molecular weight is 868 g/mol. The van der Waals surface area contributed by atoms with Gasteiger partial charge in [0.2, 0.25) is 0 Å². The molecule has 6 rings (SSSR count). The van der Waals surface area contributed by atoms with E-state index < -0.39 is 24.4 Å². The van der Waals surface area contributed by atoms with Crippen molar-refractivity contribution in [2.24, 2.45) is 5.73 Å². The average Bonchev–Trinajstić information content (AvgIpc) is 3.26. The molecule has 2 aliphatic heterocycles. The van der Waals surface area contributed by atoms with Gasteiger partial charge in [0.25, 0.3) is 0 Å². The number of carbonyl (C=O) groups is 5. The van der Waals surface area contributed by atoms with E-state index >= 15 is 0 Å². The number of benzene rings is 4. The minimum atomic E-state index is -5.05. The van der Waals surface area contributed by atoms with Crippen molar-refractivity contribution in [3.63, 3.8) is 0 Å². The second kappa shape index (κ2) is 21.7. The Bertz CT molecular complexity index is 2110. The molecule has 5 amide bonds. The Balaban J connectivity index is 0.000000232. The first-order valence-corrected chi connectivity index (χ1v) is 20.4. The molecular formula is C44H47Cl2F3N6O5. The van der Waals surface area contributed by atoms with Crippen molar-refractivity contribution < 1.29 is 37.1 Å². The molecular weight excluding hydrogens is 820 g/mol. The smallest absolute Gasteiger partial charge is 0.341 e. The summed E-state index contributed by atoms with van der Waals surface area (Å²) in [6, 6.07) is 27.5. The molecule has 2 aliphatic rings. The molecule has 2 saturated heterocycles. The van der Waals surface area contributed by atoms with Gasteiger partial charge in [-0.05, 0) is 86.1 Å². The maximum atomic E-state index is 13.2. The van der Waals surface area contributed by atoms with Crippen molar-refractivity contribution in [1.82, 2.24) is 15.1 Å². The summed E-state index contributed by atoms with van der Waals surface area (Å²) in [5, 5.41) is 2.64. The van der Waals surface area contributed by atoms with Crippen LogP contribution in [-0.2, 0) is 17.9 Å². The highest BCUT2D eigenvalue weighted by Gasteiger charge is 2.38. The molecule has 4 aromatic rings. The molecule has 318 valence electrons. The van der Waals surface area contributed by atoms with Crippen LogP contribution in [0.25, 0.3) is 0 Å². The van der Waals surface area contributed by atoms with Crippen LogP contribution in [0.1, 0.15) is 70.4 Å². The second-order valence-corrected chi connectivity index (χ2v) is 15.3. The van der Waals surface area contributed by atoms with Crippen LogP contribution >= 0.6 is 23.2 Å². The third-order valence-electron chi connectivity index (χ3n) is 10.0. The summed E-state index contributed by atoms with van der Waals surface area (Å²) >= 11 is 12.3. The van der Waals surface area contributed by atoms with Gasteiger partial charge in [-0.1, -0.05) is 83.9 Å². The highest BCUT2D eigenvalue weighted by atomic mass is 35.5. The molecule has 60 heavy (non-hydrogen) atoms. The Morgan fingerprint density at radius 2 is 1.00 bits per heavy atom. The minimum Gasteiger partial charge on any atom is -0.341 e. The van der Waals surface area contributed by atoms with E-state index in [2.05, 4.69) is 0 Å². The fraction of sp³-hybridized carbons (Fsp3) is 0.341. The summed E-state index contributed by atoms with van der Waals surface area (Å²) in [6.07, 6.45) is 1.15. The Kier molecular flexibility index (Phi) is 16.5. The number of carbonyl (C=O) groups excluding carboxylic acids is 5. The Labute approximate surface area is 357 Å². The van der Waals surface area contributed by atoms with Gasteiger partial charge in [-0.15, -0.1) is 0 Å². The second-order valence-electron chi connectivity index (χ2n) is 14.4. The SMILES string of the molecule is NCC(=O)c1ccc(CN(C(=O)N2CCCCC2)c2cccc(Cl)c2)cc1.O=C(CNC(=O)C(F)(F)F)c1ccc(CN(C(=O)N2CCCCC2)c2cccc(Cl)c2)cc1. The zero-order valence-corrected chi connectivity index (χ0v) is 34.4. The quantitative estimate of drug-likeness (QED) is 0.145. The van der Waals surface area contributed by atoms with Gasteiger partial charge in [0.05, 0.1) is 26.2 Å². The lowest BCUT2D eigenvalue weighted by Crippen LogP contribution is -2.45. The van der Waals surface area contributed by atoms with Crippen LogP contribution in [0.3, 0.4) is 0 Å². The predicted octanol–water partition coefficient (Wildman–Crippen LogP) is 8.91. The van der Waals surface area contributed by atoms with E-state index in [1.807, 2.05) is 29.2 Å². The number of likely N-dealkylation sites (tertiary alicyclic amines) is 2. The number of nitrogens with zero attached hydrogens (tertiary/aromatic N) is 4. The van der Waals surface area contributed by atoms with Crippen molar-refractivity contribution in [3.8, 4) is 0 Å². The van der Waals surface area contributed by atoms with Crippen molar-refractivity contribution in [1.29, 1.82) is 0 Å². The van der Waals surface area contributed by atoms with Crippen LogP contribution in [0.5, 0.6) is 0 Å². The number of hydrogen-bond donors (Lipinski definition) is 2. The number of Topliss-reactive ketones (excluding diaryl/α,β-unsaturated/α-hetero) is 2. The number of hydrogen-bond acceptors (Lipinski definition) is 6. The minimum absolute atomic E-state index is 0.0125. The zero-order chi connectivity index (χ0) is 43.2. The number of rotatable bonds is 11. The van der Waals surface area contributed by atoms with Gasteiger partial charge in [0, 0.05) is 58.7 Å². The molecule has 0 radical (unpaired) electrons. The van der Waals surface area contributed by atoms with Gasteiger partial charge >= 0.3 is 24.1 Å². The first-order valence-electron chi connectivity index (χ1n) is 19.7. The highest BCUT2D eigenvalue weighted by molar-refractivity contribution is 6.31. The first-order chi connectivity index (χ1) is 28.7. The summed E-state index contributed by atoms with van der Waals surface area (Å²) in [5.74, 6) is -2.92. The van der Waals surface area contributed by atoms with E-state index in [0.29, 0.717) is 40.9 Å². The van der Waals surface area contributed by atoms with E-state index in [9.17, 15) is 37.1 Å². The van der Waals surface area contributed by atoms with Gasteiger partial charge in [-0.2, -0.15) is 13.2 Å². The molecule has 0 saturated carbocycles. The summed E-state index contributed by atoms with van der Waals surface area (Å²) in [4.78, 5) is 68.2. The number of amides is 5. The number of anilines is 2. The molecule has 0 unspecified atom stereocenters. The maximum Gasteiger partial charge on any atom is 0.471 e. The number of piperidine rings is 2. The van der Waals surface area contributed by atoms with Crippen LogP contribution in [-0.4, -0.2) is 84.8 Å². The normalized spacial score (nSPS) is 14.0. The lowest BCUT2D eigenvalue weighted by molar-refractivity contribution is -0.173. The lowest BCUT2D eigenvalue weighted by atomic mass is 10.1. The molecule has 2 fully saturated rings. The fourth-order valence-electron chi connectivity index (χ4n) is 6.78. The summed E-state index contributed by atoms with van der Waals surface area (Å²) in [7, 11) is 0. The number of ketones is 2. The molecule has 0 atom stereocenters. The van der Waals surface area contributed by atoms with Crippen LogP contribution in [0.4, 0.5) is 34.1 Å². The summed E-state index contributed by atoms with van der Waals surface area (Å²) < 4.78 is 36.8. The van der Waals surface area contributed by atoms with Gasteiger partial charge in [-0.25, -0.2) is 9.59 Å². The number of nitrogens with one attached hydrogen (secondary N) is 1. The molecule has 0 spiro atoms. The molecule has 0 aromatic heterocycles. The van der Waals surface area contributed by atoms with E-state index in [4.69, 9.17) is 28.9 Å². The van der Waals surface area contributed by atoms with Crippen LogP contribution < -0.4 is 20.9 Å². The van der Waals surface area contributed by atoms with E-state index in [1.54, 1.807) is 80.7 Å². The van der Waals surface area contributed by atoms with Gasteiger partial charge in [-0.3, -0.25) is 24.2 Å². The van der Waals surface area contributed by atoms with Gasteiger partial charge < -0.3 is 20.9 Å². The molecule has 0 bridgehead atoms. The van der Waals surface area contributed by atoms with Crippen molar-refractivity contribution in [2.75, 3.05) is 49.1 Å². The molecule has 3 N–H and O–H groups in total. The molecule has 16 heteroatoms. The number of urea groups is 2. The van der Waals surface area contributed by atoms with Gasteiger partial charge in [0.1, 0.15) is 0 Å². The molecule has 2 heterocycles. The van der Waals surface area contributed by atoms with Crippen molar-refractivity contribution in [3.05, 3.63) is 129 Å². The number of halogens is 5. The summed E-state index contributed by atoms with van der Waals surface area (Å²) in [6.45, 7) is 2.75. The van der Waals surface area contributed by atoms with Crippen LogP contribution in [0.2, 0.25) is 10.0 Å². The zero-order valence-electron chi connectivity index (χ0n) is 32.9. The van der Waals surface area contributed by atoms with Crippen LogP contribution in [0.15, 0.2) is 97.1 Å². The monoisotopic (exact) mass is 866 g/mol. The molecule has 11 nitrogen and oxygen atoms in total. The largest absolute Gasteiger partial charge is 0.471 e. The van der Waals surface area contributed by atoms with Crippen molar-refractivity contribution >= 4 is 64.1 Å². The molecule has 0 aliphatic carbocycles. The molecule has 4 aromatic carbocycles. The predicted molar refractivity (Wildman–Crippen MR) is 227 cm³/mol. The van der Waals surface area contributed by atoms with Gasteiger partial charge in [0.15, 0.2) is 11.6 Å². The van der Waals surface area contributed by atoms with E-state index in [1.165, 1.54) is 12.1 Å². The number of nitrogens with two attached hydrogens (primary N) is 1. The maximum absolute atomic E-state index is 13.2. The Morgan fingerprint density at radius 1 is 0.600 bits per heavy atom. The number of alkyl halides is 3. The van der Waals surface area contributed by atoms with Crippen molar-refractivity contribution in [2.45, 2.75) is 57.8 Å². The van der Waals surface area contributed by atoms with E-state index in [-0.39, 0.29) is 36.5 Å². The third kappa shape index (κ3) is 13.0. The standard InChI is InChI=1S/C23H23ClF3N3O3.C21H24ClN3O2/c24-18-5-4-6-19(13-18)30(22(33)29-11-2-1-3-12-29)15-16-7-9-17(10-8-16)20(31)14-28-21(32)23(25,26)27;22-18-5-4-6-19(13-18)25(21(27)24-11-2-1-3-12-24)15-16-7-9-17(10-8-16)20(26)14-23/h4-10,13H,1-3,11-12,14-15H2,(H,28,32);4-10,13H,1-3,11-12,14-15,23H2. The Hall–Kier alpha value is -5.44. The fourth-order valence-corrected chi connectivity index (χ4v) is 7.15. The highest BCUT2D eigenvalue weighted by Crippen LogP contribution is 2.26. The first kappa shape index (κ1) is 45.6. The third-order valence-corrected chi connectivity index (χ3v) is 10.5. The summed E-state index contributed by atoms with van der Waals surface area (Å²) in [5.41, 5.74) is 9.20. The Morgan fingerprint density at radius 3 is 1.37 bits per heavy atom.